The minimum Gasteiger partial charge on any atom is -0.346 e. The molecule has 0 unspecified atom stereocenters. The Morgan fingerprint density at radius 3 is 2.74 bits per heavy atom. The van der Waals surface area contributed by atoms with E-state index in [4.69, 9.17) is 11.6 Å². The molecule has 0 aliphatic heterocycles. The van der Waals surface area contributed by atoms with Gasteiger partial charge in [0, 0.05) is 11.8 Å². The van der Waals surface area contributed by atoms with E-state index in [1.165, 1.54) is 11.3 Å². The number of hydrogen-bond acceptors (Lipinski definition) is 4. The van der Waals surface area contributed by atoms with E-state index >= 15 is 0 Å². The number of benzene rings is 1. The first-order chi connectivity index (χ1) is 11.1. The number of nitrogens with one attached hydrogen (secondary N) is 1. The zero-order valence-corrected chi connectivity index (χ0v) is 14.0. The van der Waals surface area contributed by atoms with E-state index in [1.54, 1.807) is 6.20 Å². The van der Waals surface area contributed by atoms with Crippen LogP contribution >= 0.6 is 22.9 Å². The van der Waals surface area contributed by atoms with Gasteiger partial charge in [0.15, 0.2) is 0 Å². The van der Waals surface area contributed by atoms with Crippen LogP contribution in [0, 0.1) is 6.92 Å². The Morgan fingerprint density at radius 2 is 2.00 bits per heavy atom. The third kappa shape index (κ3) is 3.57. The highest BCUT2D eigenvalue weighted by Crippen LogP contribution is 2.32. The van der Waals surface area contributed by atoms with Crippen molar-refractivity contribution in [1.82, 2.24) is 15.3 Å². The van der Waals surface area contributed by atoms with E-state index < -0.39 is 0 Å². The molecule has 0 aliphatic rings. The van der Waals surface area contributed by atoms with Crippen molar-refractivity contribution in [2.24, 2.45) is 0 Å². The summed E-state index contributed by atoms with van der Waals surface area (Å²) in [7, 11) is 0. The summed E-state index contributed by atoms with van der Waals surface area (Å²) < 4.78 is 0. The van der Waals surface area contributed by atoms with E-state index in [9.17, 15) is 4.79 Å². The van der Waals surface area contributed by atoms with Gasteiger partial charge in [-0.3, -0.25) is 9.78 Å². The first-order valence-corrected chi connectivity index (χ1v) is 8.25. The van der Waals surface area contributed by atoms with E-state index in [-0.39, 0.29) is 5.91 Å². The second-order valence-corrected chi connectivity index (χ2v) is 6.32. The second kappa shape index (κ2) is 6.89. The maximum atomic E-state index is 12.4. The highest BCUT2D eigenvalue weighted by atomic mass is 35.5. The Labute approximate surface area is 143 Å². The van der Waals surface area contributed by atoms with E-state index in [0.29, 0.717) is 22.1 Å². The van der Waals surface area contributed by atoms with E-state index in [0.717, 1.165) is 16.3 Å². The Bertz CT molecular complexity index is 833. The van der Waals surface area contributed by atoms with Gasteiger partial charge >= 0.3 is 0 Å². The molecule has 23 heavy (non-hydrogen) atoms. The third-order valence-electron chi connectivity index (χ3n) is 3.26. The van der Waals surface area contributed by atoms with Crippen LogP contribution in [-0.2, 0) is 6.54 Å². The van der Waals surface area contributed by atoms with E-state index in [1.807, 2.05) is 49.4 Å². The lowest BCUT2D eigenvalue weighted by atomic mass is 10.2. The summed E-state index contributed by atoms with van der Waals surface area (Å²) in [6.07, 6.45) is 1.70. The summed E-state index contributed by atoms with van der Waals surface area (Å²) in [4.78, 5) is 21.6. The summed E-state index contributed by atoms with van der Waals surface area (Å²) in [5.41, 5.74) is 2.35. The maximum Gasteiger partial charge on any atom is 0.263 e. The summed E-state index contributed by atoms with van der Waals surface area (Å²) >= 11 is 7.54. The summed E-state index contributed by atoms with van der Waals surface area (Å²) in [5, 5.41) is 4.24. The number of pyridine rings is 1. The van der Waals surface area contributed by atoms with Crippen molar-refractivity contribution in [2.75, 3.05) is 0 Å². The minimum atomic E-state index is -0.149. The maximum absolute atomic E-state index is 12.4. The smallest absolute Gasteiger partial charge is 0.263 e. The molecule has 0 saturated heterocycles. The van der Waals surface area contributed by atoms with Crippen LogP contribution in [0.3, 0.4) is 0 Å². The molecule has 2 aromatic heterocycles. The zero-order chi connectivity index (χ0) is 16.2. The van der Waals surface area contributed by atoms with Crippen molar-refractivity contribution in [3.05, 3.63) is 69.9 Å². The molecule has 3 rings (SSSR count). The van der Waals surface area contributed by atoms with Gasteiger partial charge in [-0.1, -0.05) is 35.9 Å². The molecule has 0 atom stereocenters. The Balaban J connectivity index is 1.78. The summed E-state index contributed by atoms with van der Waals surface area (Å²) in [5.74, 6) is -0.149. The number of rotatable bonds is 4. The van der Waals surface area contributed by atoms with Gasteiger partial charge in [0.2, 0.25) is 0 Å². The van der Waals surface area contributed by atoms with Gasteiger partial charge in [-0.2, -0.15) is 0 Å². The van der Waals surface area contributed by atoms with E-state index in [2.05, 4.69) is 15.3 Å². The van der Waals surface area contributed by atoms with Crippen LogP contribution in [0.4, 0.5) is 0 Å². The SMILES string of the molecule is Cc1nc(-c2ccccc2Cl)sc1C(=O)NCc1ccccn1. The molecule has 0 spiro atoms. The molecule has 0 bridgehead atoms. The first-order valence-electron chi connectivity index (χ1n) is 7.05. The highest BCUT2D eigenvalue weighted by Gasteiger charge is 2.17. The first kappa shape index (κ1) is 15.6. The van der Waals surface area contributed by atoms with Crippen LogP contribution in [0.1, 0.15) is 21.1 Å². The van der Waals surface area contributed by atoms with Gasteiger partial charge in [-0.25, -0.2) is 4.98 Å². The van der Waals surface area contributed by atoms with Gasteiger partial charge in [0.1, 0.15) is 9.88 Å². The number of amides is 1. The number of aryl methyl sites for hydroxylation is 1. The second-order valence-electron chi connectivity index (χ2n) is 4.92. The molecule has 1 aromatic carbocycles. The largest absolute Gasteiger partial charge is 0.346 e. The fraction of sp³-hybridized carbons (Fsp3) is 0.118. The fourth-order valence-corrected chi connectivity index (χ4v) is 3.41. The number of hydrogen-bond donors (Lipinski definition) is 1. The molecule has 2 heterocycles. The molecule has 6 heteroatoms. The lowest BCUT2D eigenvalue weighted by Crippen LogP contribution is -2.23. The average molecular weight is 344 g/mol. The number of halogens is 1. The van der Waals surface area contributed by atoms with Crippen LogP contribution in [0.5, 0.6) is 0 Å². The quantitative estimate of drug-likeness (QED) is 0.776. The molecular formula is C17H14ClN3OS. The lowest BCUT2D eigenvalue weighted by molar-refractivity contribution is 0.0953. The van der Waals surface area contributed by atoms with Crippen LogP contribution < -0.4 is 5.32 Å². The minimum absolute atomic E-state index is 0.149. The predicted octanol–water partition coefficient (Wildman–Crippen LogP) is 4.10. The zero-order valence-electron chi connectivity index (χ0n) is 12.4. The molecule has 1 amide bonds. The number of nitrogens with zero attached hydrogens (tertiary/aromatic N) is 2. The van der Waals surface area contributed by atoms with Gasteiger partial charge in [-0.05, 0) is 25.1 Å². The molecule has 116 valence electrons. The molecule has 3 aromatic rings. The number of carbonyl (C=O) groups is 1. The van der Waals surface area contributed by atoms with Gasteiger partial charge < -0.3 is 5.32 Å². The molecule has 4 nitrogen and oxygen atoms in total. The molecule has 0 fully saturated rings. The topological polar surface area (TPSA) is 54.9 Å². The molecule has 0 aliphatic carbocycles. The van der Waals surface area contributed by atoms with Crippen molar-refractivity contribution in [2.45, 2.75) is 13.5 Å². The molecule has 0 radical (unpaired) electrons. The Kier molecular flexibility index (Phi) is 4.69. The predicted molar refractivity (Wildman–Crippen MR) is 92.7 cm³/mol. The monoisotopic (exact) mass is 343 g/mol. The number of carbonyl (C=O) groups excluding carboxylic acids is 1. The van der Waals surface area contributed by atoms with Crippen LogP contribution in [0.15, 0.2) is 48.7 Å². The van der Waals surface area contributed by atoms with Crippen molar-refractivity contribution in [3.63, 3.8) is 0 Å². The normalized spacial score (nSPS) is 10.5. The fourth-order valence-electron chi connectivity index (χ4n) is 2.11. The molecule has 0 saturated carbocycles. The van der Waals surface area contributed by atoms with Gasteiger partial charge in [0.25, 0.3) is 5.91 Å². The highest BCUT2D eigenvalue weighted by molar-refractivity contribution is 7.17. The third-order valence-corrected chi connectivity index (χ3v) is 4.78. The van der Waals surface area contributed by atoms with Crippen LogP contribution in [-0.4, -0.2) is 15.9 Å². The number of thiazole rings is 1. The molecule has 1 N–H and O–H groups in total. The summed E-state index contributed by atoms with van der Waals surface area (Å²) in [6.45, 7) is 2.21. The Morgan fingerprint density at radius 1 is 1.22 bits per heavy atom. The van der Waals surface area contributed by atoms with Crippen LogP contribution in [0.25, 0.3) is 10.6 Å². The van der Waals surface area contributed by atoms with Gasteiger partial charge in [-0.15, -0.1) is 11.3 Å². The molecular weight excluding hydrogens is 330 g/mol. The van der Waals surface area contributed by atoms with Crippen molar-refractivity contribution >= 4 is 28.8 Å². The van der Waals surface area contributed by atoms with Crippen LogP contribution in [0.2, 0.25) is 5.02 Å². The average Bonchev–Trinajstić information content (AvgIpc) is 2.96. The Hall–Kier alpha value is -2.24. The number of aromatic nitrogens is 2. The standard InChI is InChI=1S/C17H14ClN3OS/c1-11-15(16(22)20-10-12-6-4-5-9-19-12)23-17(21-11)13-7-2-3-8-14(13)18/h2-9H,10H2,1H3,(H,20,22). The van der Waals surface area contributed by atoms with Crippen molar-refractivity contribution < 1.29 is 4.79 Å². The summed E-state index contributed by atoms with van der Waals surface area (Å²) in [6, 6.07) is 13.1. The lowest BCUT2D eigenvalue weighted by Gasteiger charge is -2.03. The van der Waals surface area contributed by atoms with Crippen molar-refractivity contribution in [1.29, 1.82) is 0 Å². The van der Waals surface area contributed by atoms with Gasteiger partial charge in [0.05, 0.1) is 23.0 Å². The van der Waals surface area contributed by atoms with Crippen molar-refractivity contribution in [3.8, 4) is 10.6 Å².